The van der Waals surface area contributed by atoms with E-state index in [-0.39, 0.29) is 0 Å². The van der Waals surface area contributed by atoms with Crippen LogP contribution in [0.3, 0.4) is 0 Å². The predicted octanol–water partition coefficient (Wildman–Crippen LogP) is 3.32. The number of hydrogen-bond donors (Lipinski definition) is 0. The minimum absolute atomic E-state index is 0.950. The average Bonchev–Trinajstić information content (AvgIpc) is 2.16. The lowest BCUT2D eigenvalue weighted by molar-refractivity contribution is 1.16. The first-order chi connectivity index (χ1) is 6.59. The lowest BCUT2D eigenvalue weighted by Gasteiger charge is -2.07. The maximum atomic E-state index is 4.49. The van der Waals surface area contributed by atoms with Gasteiger partial charge in [-0.1, -0.05) is 15.9 Å². The van der Waals surface area contributed by atoms with E-state index in [2.05, 4.69) is 39.7 Å². The number of benzene rings is 1. The number of fused-ring (bicyclic) bond motifs is 1. The second kappa shape index (κ2) is 3.31. The molecule has 14 heavy (non-hydrogen) atoms. The van der Waals surface area contributed by atoms with Crippen LogP contribution in [0.4, 0.5) is 0 Å². The topological polar surface area (TPSA) is 25.8 Å². The summed E-state index contributed by atoms with van der Waals surface area (Å²) in [6.45, 7) is 6.13. The molecule has 2 aromatic rings. The van der Waals surface area contributed by atoms with Gasteiger partial charge in [-0.3, -0.25) is 4.98 Å². The Balaban J connectivity index is 2.92. The van der Waals surface area contributed by atoms with Crippen LogP contribution >= 0.6 is 15.9 Å². The summed E-state index contributed by atoms with van der Waals surface area (Å²) in [6.07, 6.45) is 1.80. The fraction of sp³-hybridized carbons (Fsp3) is 0.273. The first kappa shape index (κ1) is 9.59. The van der Waals surface area contributed by atoms with E-state index in [0.717, 1.165) is 21.2 Å². The third-order valence-electron chi connectivity index (χ3n) is 2.46. The Morgan fingerprint density at radius 2 is 1.86 bits per heavy atom. The Bertz CT molecular complexity index is 506. The van der Waals surface area contributed by atoms with Crippen molar-refractivity contribution in [3.05, 3.63) is 33.6 Å². The highest BCUT2D eigenvalue weighted by Crippen LogP contribution is 2.25. The van der Waals surface area contributed by atoms with Crippen LogP contribution in [0.15, 0.2) is 16.7 Å². The fourth-order valence-electron chi connectivity index (χ4n) is 1.45. The summed E-state index contributed by atoms with van der Waals surface area (Å²) >= 11 is 3.52. The zero-order chi connectivity index (χ0) is 10.3. The summed E-state index contributed by atoms with van der Waals surface area (Å²) in [4.78, 5) is 8.84. The minimum Gasteiger partial charge on any atom is -0.253 e. The van der Waals surface area contributed by atoms with Crippen molar-refractivity contribution in [2.45, 2.75) is 20.8 Å². The molecule has 0 aliphatic rings. The SMILES string of the molecule is Cc1cnc2cc(Br)c(C)c(C)c2n1. The first-order valence-electron chi connectivity index (χ1n) is 4.48. The molecule has 0 saturated heterocycles. The Morgan fingerprint density at radius 3 is 2.57 bits per heavy atom. The van der Waals surface area contributed by atoms with Crippen molar-refractivity contribution in [2.24, 2.45) is 0 Å². The highest BCUT2D eigenvalue weighted by atomic mass is 79.9. The van der Waals surface area contributed by atoms with Gasteiger partial charge in [-0.15, -0.1) is 0 Å². The van der Waals surface area contributed by atoms with Gasteiger partial charge in [0.15, 0.2) is 0 Å². The molecule has 0 aliphatic carbocycles. The monoisotopic (exact) mass is 250 g/mol. The van der Waals surface area contributed by atoms with Crippen LogP contribution in [0, 0.1) is 20.8 Å². The Hall–Kier alpha value is -0.960. The Kier molecular flexibility index (Phi) is 2.27. The number of aromatic nitrogens is 2. The predicted molar refractivity (Wildman–Crippen MR) is 61.4 cm³/mol. The van der Waals surface area contributed by atoms with Gasteiger partial charge >= 0.3 is 0 Å². The molecule has 0 unspecified atom stereocenters. The van der Waals surface area contributed by atoms with E-state index in [4.69, 9.17) is 0 Å². The summed E-state index contributed by atoms with van der Waals surface area (Å²) in [5.74, 6) is 0. The van der Waals surface area contributed by atoms with Gasteiger partial charge in [0, 0.05) is 10.7 Å². The van der Waals surface area contributed by atoms with Crippen LogP contribution < -0.4 is 0 Å². The van der Waals surface area contributed by atoms with Gasteiger partial charge in [-0.05, 0) is 38.0 Å². The molecule has 0 spiro atoms. The van der Waals surface area contributed by atoms with Crippen molar-refractivity contribution in [2.75, 3.05) is 0 Å². The Morgan fingerprint density at radius 1 is 1.14 bits per heavy atom. The molecule has 72 valence electrons. The van der Waals surface area contributed by atoms with Crippen molar-refractivity contribution in [1.29, 1.82) is 0 Å². The van der Waals surface area contributed by atoms with Crippen LogP contribution in [0.5, 0.6) is 0 Å². The average molecular weight is 251 g/mol. The molecule has 0 amide bonds. The van der Waals surface area contributed by atoms with Gasteiger partial charge in [0.25, 0.3) is 0 Å². The smallest absolute Gasteiger partial charge is 0.0922 e. The Labute approximate surface area is 91.5 Å². The molecule has 2 rings (SSSR count). The number of aryl methyl sites for hydroxylation is 2. The molecule has 0 atom stereocenters. The molecule has 1 aromatic heterocycles. The zero-order valence-electron chi connectivity index (χ0n) is 8.43. The molecule has 0 saturated carbocycles. The first-order valence-corrected chi connectivity index (χ1v) is 5.28. The van der Waals surface area contributed by atoms with Crippen molar-refractivity contribution in [3.8, 4) is 0 Å². The van der Waals surface area contributed by atoms with Gasteiger partial charge in [-0.25, -0.2) is 4.98 Å². The maximum Gasteiger partial charge on any atom is 0.0922 e. The third-order valence-corrected chi connectivity index (χ3v) is 3.28. The van der Waals surface area contributed by atoms with Crippen molar-refractivity contribution >= 4 is 27.0 Å². The van der Waals surface area contributed by atoms with Crippen LogP contribution in [0.2, 0.25) is 0 Å². The number of nitrogens with zero attached hydrogens (tertiary/aromatic N) is 2. The van der Waals surface area contributed by atoms with Gasteiger partial charge in [-0.2, -0.15) is 0 Å². The standard InChI is InChI=1S/C11H11BrN2/c1-6-5-13-10-4-9(12)7(2)8(3)11(10)14-6/h4-5H,1-3H3. The van der Waals surface area contributed by atoms with E-state index in [0.29, 0.717) is 0 Å². The van der Waals surface area contributed by atoms with E-state index in [1.54, 1.807) is 6.20 Å². The lowest BCUT2D eigenvalue weighted by atomic mass is 10.1. The lowest BCUT2D eigenvalue weighted by Crippen LogP contribution is -1.93. The van der Waals surface area contributed by atoms with Gasteiger partial charge < -0.3 is 0 Å². The van der Waals surface area contributed by atoms with Crippen molar-refractivity contribution < 1.29 is 0 Å². The highest BCUT2D eigenvalue weighted by Gasteiger charge is 2.06. The number of rotatable bonds is 0. The summed E-state index contributed by atoms with van der Waals surface area (Å²) in [5, 5.41) is 0. The van der Waals surface area contributed by atoms with E-state index in [1.807, 2.05) is 13.0 Å². The molecule has 1 aromatic carbocycles. The van der Waals surface area contributed by atoms with Crippen molar-refractivity contribution in [3.63, 3.8) is 0 Å². The van der Waals surface area contributed by atoms with Crippen LogP contribution in [-0.4, -0.2) is 9.97 Å². The summed E-state index contributed by atoms with van der Waals surface area (Å²) in [7, 11) is 0. The molecular formula is C11H11BrN2. The van der Waals surface area contributed by atoms with Crippen LogP contribution in [-0.2, 0) is 0 Å². The van der Waals surface area contributed by atoms with Crippen LogP contribution in [0.25, 0.3) is 11.0 Å². The molecule has 0 N–H and O–H groups in total. The highest BCUT2D eigenvalue weighted by molar-refractivity contribution is 9.10. The van der Waals surface area contributed by atoms with Crippen LogP contribution in [0.1, 0.15) is 16.8 Å². The van der Waals surface area contributed by atoms with E-state index >= 15 is 0 Å². The minimum atomic E-state index is 0.950. The second-order valence-electron chi connectivity index (χ2n) is 3.49. The molecule has 0 aliphatic heterocycles. The van der Waals surface area contributed by atoms with Gasteiger partial charge in [0.05, 0.1) is 16.7 Å². The molecule has 0 radical (unpaired) electrons. The molecule has 0 fully saturated rings. The fourth-order valence-corrected chi connectivity index (χ4v) is 1.97. The van der Waals surface area contributed by atoms with E-state index < -0.39 is 0 Å². The largest absolute Gasteiger partial charge is 0.253 e. The molecular weight excluding hydrogens is 240 g/mol. The van der Waals surface area contributed by atoms with Gasteiger partial charge in [0.2, 0.25) is 0 Å². The normalized spacial score (nSPS) is 10.9. The van der Waals surface area contributed by atoms with Gasteiger partial charge in [0.1, 0.15) is 0 Å². The number of hydrogen-bond acceptors (Lipinski definition) is 2. The summed E-state index contributed by atoms with van der Waals surface area (Å²) in [5.41, 5.74) is 5.35. The molecule has 2 nitrogen and oxygen atoms in total. The van der Waals surface area contributed by atoms with E-state index in [9.17, 15) is 0 Å². The summed E-state index contributed by atoms with van der Waals surface area (Å²) in [6, 6.07) is 2.02. The summed E-state index contributed by atoms with van der Waals surface area (Å²) < 4.78 is 1.10. The second-order valence-corrected chi connectivity index (χ2v) is 4.34. The molecule has 3 heteroatoms. The quantitative estimate of drug-likeness (QED) is 0.717. The maximum absolute atomic E-state index is 4.49. The van der Waals surface area contributed by atoms with Crippen molar-refractivity contribution in [1.82, 2.24) is 9.97 Å². The molecule has 0 bridgehead atoms. The zero-order valence-corrected chi connectivity index (χ0v) is 10.0. The third kappa shape index (κ3) is 1.42. The van der Waals surface area contributed by atoms with E-state index in [1.165, 1.54) is 11.1 Å². The number of halogens is 1. The molecule has 1 heterocycles.